The predicted octanol–water partition coefficient (Wildman–Crippen LogP) is 3.45. The first kappa shape index (κ1) is 12.0. The highest BCUT2D eigenvalue weighted by Gasteiger charge is 2.27. The number of nitrogens with one attached hydrogen (secondary N) is 1. The van der Waals surface area contributed by atoms with Gasteiger partial charge in [-0.2, -0.15) is 0 Å². The van der Waals surface area contributed by atoms with Gasteiger partial charge in [-0.1, -0.05) is 27.2 Å². The van der Waals surface area contributed by atoms with Gasteiger partial charge in [-0.15, -0.1) is 0 Å². The molecule has 3 atom stereocenters. The molecule has 0 aromatic rings. The van der Waals surface area contributed by atoms with E-state index in [2.05, 4.69) is 33.1 Å². The van der Waals surface area contributed by atoms with Crippen LogP contribution in [0.4, 0.5) is 0 Å². The van der Waals surface area contributed by atoms with Crippen LogP contribution < -0.4 is 5.32 Å². The molecule has 14 heavy (non-hydrogen) atoms. The molecule has 0 aromatic carbocycles. The quantitative estimate of drug-likeness (QED) is 0.712. The van der Waals surface area contributed by atoms with Gasteiger partial charge in [0.25, 0.3) is 0 Å². The maximum atomic E-state index is 3.52. The Morgan fingerprint density at radius 3 is 2.36 bits per heavy atom. The van der Waals surface area contributed by atoms with Crippen molar-refractivity contribution >= 4 is 0 Å². The minimum Gasteiger partial charge on any atom is -0.317 e. The molecule has 1 fully saturated rings. The zero-order chi connectivity index (χ0) is 10.6. The fraction of sp³-hybridized carbons (Fsp3) is 1.00. The van der Waals surface area contributed by atoms with Crippen LogP contribution in [0, 0.1) is 17.8 Å². The molecule has 1 saturated carbocycles. The fourth-order valence-electron chi connectivity index (χ4n) is 2.75. The molecule has 1 rings (SSSR count). The Bertz CT molecular complexity index is 153. The molecular formula is C13H27N. The van der Waals surface area contributed by atoms with E-state index in [1.54, 1.807) is 0 Å². The molecule has 0 spiro atoms. The topological polar surface area (TPSA) is 12.0 Å². The number of rotatable bonds is 5. The fourth-order valence-corrected chi connectivity index (χ4v) is 2.75. The normalized spacial score (nSPS) is 29.8. The lowest BCUT2D eigenvalue weighted by Crippen LogP contribution is -2.32. The number of hydrogen-bond donors (Lipinski definition) is 1. The van der Waals surface area contributed by atoms with Crippen LogP contribution in [0.25, 0.3) is 0 Å². The smallest absolute Gasteiger partial charge is 0.00925 e. The largest absolute Gasteiger partial charge is 0.317 e. The van der Waals surface area contributed by atoms with Gasteiger partial charge in [0, 0.05) is 6.04 Å². The third kappa shape index (κ3) is 3.61. The minimum atomic E-state index is 0.780. The van der Waals surface area contributed by atoms with Crippen LogP contribution in [-0.4, -0.2) is 13.1 Å². The van der Waals surface area contributed by atoms with Crippen LogP contribution >= 0.6 is 0 Å². The molecule has 1 heteroatoms. The van der Waals surface area contributed by atoms with Crippen molar-refractivity contribution in [3.63, 3.8) is 0 Å². The molecule has 1 aliphatic carbocycles. The van der Waals surface area contributed by atoms with Gasteiger partial charge in [-0.25, -0.2) is 0 Å². The maximum Gasteiger partial charge on any atom is 0.00925 e. The van der Waals surface area contributed by atoms with Gasteiger partial charge >= 0.3 is 0 Å². The Labute approximate surface area is 89.7 Å². The molecular weight excluding hydrogens is 170 g/mol. The summed E-state index contributed by atoms with van der Waals surface area (Å²) >= 11 is 0. The van der Waals surface area contributed by atoms with Crippen LogP contribution in [0.3, 0.4) is 0 Å². The van der Waals surface area contributed by atoms with E-state index in [4.69, 9.17) is 0 Å². The van der Waals surface area contributed by atoms with Crippen molar-refractivity contribution in [3.05, 3.63) is 0 Å². The Balaban J connectivity index is 2.30. The average Bonchev–Trinajstić information content (AvgIpc) is 2.53. The summed E-state index contributed by atoms with van der Waals surface area (Å²) in [4.78, 5) is 0. The lowest BCUT2D eigenvalue weighted by molar-refractivity contribution is 0.330. The summed E-state index contributed by atoms with van der Waals surface area (Å²) in [5, 5.41) is 3.52. The lowest BCUT2D eigenvalue weighted by Gasteiger charge is -2.23. The van der Waals surface area contributed by atoms with E-state index in [9.17, 15) is 0 Å². The minimum absolute atomic E-state index is 0.780. The molecule has 0 saturated heterocycles. The van der Waals surface area contributed by atoms with E-state index in [0.717, 1.165) is 23.8 Å². The molecule has 3 unspecified atom stereocenters. The van der Waals surface area contributed by atoms with Crippen LogP contribution in [-0.2, 0) is 0 Å². The Morgan fingerprint density at radius 2 is 1.93 bits per heavy atom. The average molecular weight is 197 g/mol. The second-order valence-corrected chi connectivity index (χ2v) is 5.54. The second kappa shape index (κ2) is 5.75. The summed E-state index contributed by atoms with van der Waals surface area (Å²) in [7, 11) is 2.13. The van der Waals surface area contributed by atoms with Crippen LogP contribution in [0.2, 0.25) is 0 Å². The highest BCUT2D eigenvalue weighted by atomic mass is 14.9. The van der Waals surface area contributed by atoms with Gasteiger partial charge in [0.15, 0.2) is 0 Å². The molecule has 0 amide bonds. The molecule has 84 valence electrons. The van der Waals surface area contributed by atoms with E-state index >= 15 is 0 Å². The standard InChI is InChI=1S/C13H27N/c1-10(2)5-8-13(14-4)12-7-6-11(3)9-12/h10-14H,5-9H2,1-4H3. The summed E-state index contributed by atoms with van der Waals surface area (Å²) < 4.78 is 0. The molecule has 0 aliphatic heterocycles. The van der Waals surface area contributed by atoms with Gasteiger partial charge in [0.2, 0.25) is 0 Å². The zero-order valence-electron chi connectivity index (χ0n) is 10.3. The van der Waals surface area contributed by atoms with Crippen molar-refractivity contribution in [1.82, 2.24) is 5.32 Å². The highest BCUT2D eigenvalue weighted by Crippen LogP contribution is 2.34. The zero-order valence-corrected chi connectivity index (χ0v) is 10.3. The lowest BCUT2D eigenvalue weighted by atomic mass is 9.91. The van der Waals surface area contributed by atoms with Crippen molar-refractivity contribution in [2.45, 2.75) is 58.9 Å². The van der Waals surface area contributed by atoms with Gasteiger partial charge in [0.05, 0.1) is 0 Å². The van der Waals surface area contributed by atoms with Crippen molar-refractivity contribution in [3.8, 4) is 0 Å². The molecule has 0 heterocycles. The van der Waals surface area contributed by atoms with E-state index in [-0.39, 0.29) is 0 Å². The maximum absolute atomic E-state index is 3.52. The highest BCUT2D eigenvalue weighted by molar-refractivity contribution is 4.82. The Morgan fingerprint density at radius 1 is 1.21 bits per heavy atom. The van der Waals surface area contributed by atoms with Crippen LogP contribution in [0.15, 0.2) is 0 Å². The van der Waals surface area contributed by atoms with Crippen molar-refractivity contribution in [2.75, 3.05) is 7.05 Å². The second-order valence-electron chi connectivity index (χ2n) is 5.54. The van der Waals surface area contributed by atoms with E-state index in [1.807, 2.05) is 0 Å². The summed E-state index contributed by atoms with van der Waals surface area (Å²) in [5.74, 6) is 2.77. The number of hydrogen-bond acceptors (Lipinski definition) is 1. The summed E-state index contributed by atoms with van der Waals surface area (Å²) in [6, 6.07) is 0.780. The van der Waals surface area contributed by atoms with Crippen molar-refractivity contribution in [2.24, 2.45) is 17.8 Å². The molecule has 1 nitrogen and oxygen atoms in total. The summed E-state index contributed by atoms with van der Waals surface area (Å²) in [6.07, 6.45) is 7.08. The van der Waals surface area contributed by atoms with Crippen LogP contribution in [0.1, 0.15) is 52.9 Å². The van der Waals surface area contributed by atoms with E-state index in [1.165, 1.54) is 32.1 Å². The van der Waals surface area contributed by atoms with Crippen LogP contribution in [0.5, 0.6) is 0 Å². The third-order valence-electron chi connectivity index (χ3n) is 3.73. The van der Waals surface area contributed by atoms with Gasteiger partial charge < -0.3 is 5.32 Å². The first-order valence-corrected chi connectivity index (χ1v) is 6.30. The molecule has 0 bridgehead atoms. The Kier molecular flexibility index (Phi) is 4.94. The Hall–Kier alpha value is -0.0400. The monoisotopic (exact) mass is 197 g/mol. The molecule has 0 aromatic heterocycles. The summed E-state index contributed by atoms with van der Waals surface area (Å²) in [5.41, 5.74) is 0. The van der Waals surface area contributed by atoms with E-state index < -0.39 is 0 Å². The SMILES string of the molecule is CNC(CCC(C)C)C1CCC(C)C1. The predicted molar refractivity (Wildman–Crippen MR) is 63.4 cm³/mol. The molecule has 0 radical (unpaired) electrons. The molecule has 1 aliphatic rings. The van der Waals surface area contributed by atoms with E-state index in [0.29, 0.717) is 0 Å². The molecule has 1 N–H and O–H groups in total. The first-order chi connectivity index (χ1) is 6.63. The van der Waals surface area contributed by atoms with Gasteiger partial charge in [0.1, 0.15) is 0 Å². The summed E-state index contributed by atoms with van der Waals surface area (Å²) in [6.45, 7) is 7.04. The first-order valence-electron chi connectivity index (χ1n) is 6.30. The van der Waals surface area contributed by atoms with Crippen molar-refractivity contribution < 1.29 is 0 Å². The van der Waals surface area contributed by atoms with Gasteiger partial charge in [-0.05, 0) is 50.5 Å². The van der Waals surface area contributed by atoms with Crippen molar-refractivity contribution in [1.29, 1.82) is 0 Å². The van der Waals surface area contributed by atoms with Gasteiger partial charge in [-0.3, -0.25) is 0 Å². The third-order valence-corrected chi connectivity index (χ3v) is 3.73.